The topological polar surface area (TPSA) is 292 Å². The maximum atomic E-state index is 13.9. The minimum atomic E-state index is -1.83. The van der Waals surface area contributed by atoms with E-state index in [1.54, 1.807) is 35.0 Å². The number of aromatic hydroxyl groups is 2. The number of aliphatic carboxylic acids is 1. The molecule has 60 heavy (non-hydrogen) atoms. The number of carbonyl (C=O) groups excluding carboxylic acids is 3. The van der Waals surface area contributed by atoms with Gasteiger partial charge in [-0.2, -0.15) is 0 Å². The summed E-state index contributed by atoms with van der Waals surface area (Å²) in [6.07, 6.45) is 4.30. The third-order valence-corrected chi connectivity index (χ3v) is 12.5. The van der Waals surface area contributed by atoms with Gasteiger partial charge in [0.05, 0.1) is 12.7 Å². The van der Waals surface area contributed by atoms with E-state index in [4.69, 9.17) is 31.6 Å². The van der Waals surface area contributed by atoms with Crippen LogP contribution in [0.3, 0.4) is 0 Å². The van der Waals surface area contributed by atoms with E-state index >= 15 is 0 Å². The van der Waals surface area contributed by atoms with Crippen LogP contribution in [-0.4, -0.2) is 89.7 Å². The first-order valence-electron chi connectivity index (χ1n) is 18.1. The molecule has 1 unspecified atom stereocenters. The summed E-state index contributed by atoms with van der Waals surface area (Å²) < 4.78 is 12.5. The van der Waals surface area contributed by atoms with Crippen LogP contribution in [0.2, 0.25) is 0 Å². The number of hydrogen-bond donors (Lipinski definition) is 7. The van der Waals surface area contributed by atoms with Crippen molar-refractivity contribution >= 4 is 75.3 Å². The number of carbonyl (C=O) groups is 4. The minimum Gasteiger partial charge on any atom is -0.504 e. The zero-order chi connectivity index (χ0) is 42.7. The predicted octanol–water partition coefficient (Wildman–Crippen LogP) is 1.90. The molecule has 1 fully saturated rings. The minimum absolute atomic E-state index is 0.00347. The molecular formula is C38H38N9O10S3+. The number of nitrogens with one attached hydrogen (secondary N) is 1. The monoisotopic (exact) mass is 876 g/mol. The summed E-state index contributed by atoms with van der Waals surface area (Å²) in [5.41, 5.74) is 14.5. The molecule has 4 heterocycles. The van der Waals surface area contributed by atoms with E-state index in [0.717, 1.165) is 54.0 Å². The van der Waals surface area contributed by atoms with Crippen LogP contribution in [0.25, 0.3) is 0 Å². The van der Waals surface area contributed by atoms with Crippen LogP contribution in [0, 0.1) is 0 Å². The molecule has 0 radical (unpaired) electrons. The zero-order valence-corrected chi connectivity index (χ0v) is 34.1. The Hall–Kier alpha value is -6.52. The third-order valence-electron chi connectivity index (χ3n) is 9.60. The second-order valence-electron chi connectivity index (χ2n) is 13.4. The number of oxime groups is 1. The van der Waals surface area contributed by atoms with E-state index in [1.165, 1.54) is 47.0 Å². The number of β-lactam (4-membered cyclic amide) rings is 1. The van der Waals surface area contributed by atoms with Crippen molar-refractivity contribution in [3.05, 3.63) is 99.3 Å². The number of thiazole rings is 1. The Morgan fingerprint density at radius 3 is 2.62 bits per heavy atom. The molecule has 19 nitrogen and oxygen atoms in total. The lowest BCUT2D eigenvalue weighted by Crippen LogP contribution is -2.71. The van der Waals surface area contributed by atoms with Gasteiger partial charge in [0.2, 0.25) is 11.9 Å². The number of nitrogens with two attached hydrogens (primary N) is 3. The fourth-order valence-electron chi connectivity index (χ4n) is 6.59. The van der Waals surface area contributed by atoms with Crippen molar-refractivity contribution in [3.63, 3.8) is 0 Å². The third kappa shape index (κ3) is 8.60. The SMILES string of the molecule is COc1ccc(COC(=O)C2=C(/C=C/CSc3nc(N)c4c([n+]3N)CCC4)CS[C@@H]3[C@H](NC(=O)/C(=N\OC(C(=O)O)c4ccc(O)c(O)c4)c4csc(N)n4)C(=O)N23)cc1. The predicted molar refractivity (Wildman–Crippen MR) is 220 cm³/mol. The highest BCUT2D eigenvalue weighted by molar-refractivity contribution is 8.00. The number of thioether (sulfide) groups is 2. The molecule has 2 aliphatic heterocycles. The van der Waals surface area contributed by atoms with Crippen molar-refractivity contribution in [2.45, 2.75) is 48.5 Å². The lowest BCUT2D eigenvalue weighted by molar-refractivity contribution is -0.689. The number of aromatic nitrogens is 3. The van der Waals surface area contributed by atoms with E-state index in [-0.39, 0.29) is 34.4 Å². The standard InChI is InChI=1S/C38H37N9O10S3/c1-55-21-10-7-18(8-11-21)15-56-36(54)29-20(4-3-13-58-38-44-31(39)22-5-2-6-24(22)47(38)41)16-59-34-28(33(51)46(29)34)43-32(50)27(23-17-60-37(40)42-23)45-57-30(35(52)53)19-9-12-25(48)26(49)14-19/h3-4,7-12,14,17,28,30,34,39H,2,5-6,13,15-16,41H2,1H3,(H6,40,42,43,45,48,49,50,52,53)/p+1/b4-3+/t28-,30?,34-/m1/s1. The van der Waals surface area contributed by atoms with Crippen molar-refractivity contribution in [1.82, 2.24) is 20.2 Å². The second kappa shape index (κ2) is 17.8. The summed E-state index contributed by atoms with van der Waals surface area (Å²) in [6.45, 7) is -0.0984. The van der Waals surface area contributed by atoms with E-state index in [9.17, 15) is 34.5 Å². The molecule has 3 aliphatic rings. The van der Waals surface area contributed by atoms with Gasteiger partial charge < -0.3 is 46.4 Å². The zero-order valence-electron chi connectivity index (χ0n) is 31.6. The number of esters is 1. The first-order chi connectivity index (χ1) is 28.8. The van der Waals surface area contributed by atoms with Gasteiger partial charge in [-0.15, -0.1) is 27.8 Å². The quantitative estimate of drug-likeness (QED) is 0.0103. The van der Waals surface area contributed by atoms with Crippen LogP contribution < -0.4 is 32.0 Å². The molecule has 0 saturated carbocycles. The molecule has 4 aromatic rings. The molecule has 1 saturated heterocycles. The van der Waals surface area contributed by atoms with Crippen LogP contribution in [0.5, 0.6) is 17.2 Å². The number of fused-ring (bicyclic) bond motifs is 2. The van der Waals surface area contributed by atoms with Crippen molar-refractivity contribution in [1.29, 1.82) is 0 Å². The van der Waals surface area contributed by atoms with E-state index < -0.39 is 58.5 Å². The van der Waals surface area contributed by atoms with Gasteiger partial charge in [-0.1, -0.05) is 35.5 Å². The van der Waals surface area contributed by atoms with Crippen LogP contribution in [-0.2, 0) is 48.2 Å². The molecule has 2 amide bonds. The number of carboxylic acid groups (broad SMARTS) is 1. The number of allylic oxidation sites excluding steroid dienone is 1. The van der Waals surface area contributed by atoms with Gasteiger partial charge in [0.25, 0.3) is 11.8 Å². The molecular weight excluding hydrogens is 839 g/mol. The van der Waals surface area contributed by atoms with Gasteiger partial charge in [-0.05, 0) is 65.0 Å². The number of benzene rings is 2. The van der Waals surface area contributed by atoms with Crippen molar-refractivity contribution < 1.29 is 53.5 Å². The lowest BCUT2D eigenvalue weighted by Gasteiger charge is -2.49. The van der Waals surface area contributed by atoms with Gasteiger partial charge in [0, 0.05) is 28.9 Å². The summed E-state index contributed by atoms with van der Waals surface area (Å²) in [7, 11) is 1.54. The van der Waals surface area contributed by atoms with Gasteiger partial charge in [-0.3, -0.25) is 20.3 Å². The number of anilines is 2. The van der Waals surface area contributed by atoms with Crippen LogP contribution in [0.4, 0.5) is 10.9 Å². The number of ether oxygens (including phenoxy) is 2. The first kappa shape index (κ1) is 41.6. The van der Waals surface area contributed by atoms with Crippen LogP contribution >= 0.6 is 34.9 Å². The van der Waals surface area contributed by atoms with E-state index in [0.29, 0.717) is 33.6 Å². The Labute approximate surface area is 353 Å². The smallest absolute Gasteiger partial charge is 0.385 e. The number of nitrogens with zero attached hydrogens (tertiary/aromatic N) is 5. The largest absolute Gasteiger partial charge is 0.504 e. The number of phenolic OH excluding ortho intramolecular Hbond substituents is 2. The summed E-state index contributed by atoms with van der Waals surface area (Å²) in [5.74, 6) is 3.13. The van der Waals surface area contributed by atoms with E-state index in [2.05, 4.69) is 20.4 Å². The van der Waals surface area contributed by atoms with Gasteiger partial charge in [0.15, 0.2) is 22.3 Å². The number of carboxylic acids is 1. The molecule has 2 aromatic heterocycles. The normalized spacial score (nSPS) is 17.8. The maximum absolute atomic E-state index is 13.9. The average molecular weight is 877 g/mol. The van der Waals surface area contributed by atoms with Crippen LogP contribution in [0.15, 0.2) is 81.6 Å². The first-order valence-corrected chi connectivity index (χ1v) is 21.0. The van der Waals surface area contributed by atoms with Gasteiger partial charge in [0.1, 0.15) is 40.9 Å². The van der Waals surface area contributed by atoms with Crippen molar-refractivity contribution in [2.75, 3.05) is 35.9 Å². The molecule has 312 valence electrons. The number of amides is 2. The molecule has 1 aliphatic carbocycles. The number of rotatable bonds is 15. The number of nitrogen functional groups attached to an aromatic ring is 3. The summed E-state index contributed by atoms with van der Waals surface area (Å²) in [6, 6.07) is 9.01. The Kier molecular flexibility index (Phi) is 12.3. The Balaban J connectivity index is 1.11. The lowest BCUT2D eigenvalue weighted by atomic mass is 10.0. The molecule has 22 heteroatoms. The second-order valence-corrected chi connectivity index (χ2v) is 16.4. The van der Waals surface area contributed by atoms with Gasteiger partial charge >= 0.3 is 17.1 Å². The fraction of sp³-hybridized carbons (Fsp3) is 0.263. The highest BCUT2D eigenvalue weighted by Gasteiger charge is 2.54. The number of phenols is 2. The highest BCUT2D eigenvalue weighted by Crippen LogP contribution is 2.41. The van der Waals surface area contributed by atoms with Crippen molar-refractivity contribution in [2.24, 2.45) is 5.16 Å². The summed E-state index contributed by atoms with van der Waals surface area (Å²) in [5, 5.41) is 37.2. The molecule has 0 spiro atoms. The van der Waals surface area contributed by atoms with Gasteiger partial charge in [-0.25, -0.2) is 14.6 Å². The highest BCUT2D eigenvalue weighted by atomic mass is 32.2. The molecule has 7 rings (SSSR count). The molecule has 3 atom stereocenters. The molecule has 0 bridgehead atoms. The Bertz CT molecular complexity index is 2460. The average Bonchev–Trinajstić information content (AvgIpc) is 3.92. The van der Waals surface area contributed by atoms with Crippen LogP contribution in [0.1, 0.15) is 40.6 Å². The Morgan fingerprint density at radius 2 is 1.92 bits per heavy atom. The maximum Gasteiger partial charge on any atom is 0.385 e. The number of methoxy groups -OCH3 is 1. The summed E-state index contributed by atoms with van der Waals surface area (Å²) >= 11 is 3.63. The Morgan fingerprint density at radius 1 is 1.13 bits per heavy atom. The molecule has 10 N–H and O–H groups in total. The van der Waals surface area contributed by atoms with Crippen molar-refractivity contribution in [3.8, 4) is 17.2 Å². The number of hydrogen-bond acceptors (Lipinski definition) is 18. The molecule has 2 aromatic carbocycles. The fourth-order valence-corrected chi connectivity index (χ4v) is 9.21. The van der Waals surface area contributed by atoms with E-state index in [1.807, 2.05) is 6.08 Å². The summed E-state index contributed by atoms with van der Waals surface area (Å²) in [4.78, 5) is 68.9.